The Kier molecular flexibility index (Phi) is 5.53. The Hall–Kier alpha value is -3.16. The van der Waals surface area contributed by atoms with Gasteiger partial charge in [0.15, 0.2) is 0 Å². The van der Waals surface area contributed by atoms with Crippen LogP contribution in [0.1, 0.15) is 25.3 Å². The largest absolute Gasteiger partial charge is 0.466 e. The number of amides is 1. The van der Waals surface area contributed by atoms with Crippen molar-refractivity contribution in [2.24, 2.45) is 0 Å². The van der Waals surface area contributed by atoms with Crippen molar-refractivity contribution in [3.05, 3.63) is 63.5 Å². The summed E-state index contributed by atoms with van der Waals surface area (Å²) in [7, 11) is 1.24. The summed E-state index contributed by atoms with van der Waals surface area (Å²) in [6.07, 6.45) is 2.48. The summed E-state index contributed by atoms with van der Waals surface area (Å²) < 4.78 is 9.80. The van der Waals surface area contributed by atoms with E-state index in [-0.39, 0.29) is 17.9 Å². The number of nitro benzene ring substituents is 1. The highest BCUT2D eigenvalue weighted by Crippen LogP contribution is 2.35. The molecular weight excluding hydrogens is 328 g/mol. The molecule has 1 aromatic rings. The topological polar surface area (TPSA) is 99.0 Å². The van der Waals surface area contributed by atoms with E-state index in [0.29, 0.717) is 11.3 Å². The molecule has 0 bridgehead atoms. The van der Waals surface area contributed by atoms with E-state index < -0.39 is 22.9 Å². The second-order valence-electron chi connectivity index (χ2n) is 5.23. The third-order valence-corrected chi connectivity index (χ3v) is 3.80. The quantitative estimate of drug-likeness (QED) is 0.472. The molecule has 1 heterocycles. The van der Waals surface area contributed by atoms with E-state index in [1.807, 2.05) is 0 Å². The average Bonchev–Trinajstić information content (AvgIpc) is 2.61. The first-order valence-corrected chi connectivity index (χ1v) is 7.58. The first-order chi connectivity index (χ1) is 11.9. The van der Waals surface area contributed by atoms with Crippen LogP contribution in [0, 0.1) is 10.1 Å². The summed E-state index contributed by atoms with van der Waals surface area (Å²) in [5.41, 5.74) is 1.04. The Morgan fingerprint density at radius 3 is 2.68 bits per heavy atom. The molecule has 0 radical (unpaired) electrons. The minimum Gasteiger partial charge on any atom is -0.466 e. The lowest BCUT2D eigenvalue weighted by Gasteiger charge is -2.28. The zero-order valence-electron chi connectivity index (χ0n) is 14.1. The lowest BCUT2D eigenvalue weighted by atomic mass is 9.87. The zero-order chi connectivity index (χ0) is 18.6. The third kappa shape index (κ3) is 3.68. The maximum atomic E-state index is 12.3. The zero-order valence-corrected chi connectivity index (χ0v) is 14.1. The number of hydrogen-bond acceptors (Lipinski definition) is 6. The van der Waals surface area contributed by atoms with Gasteiger partial charge in [-0.1, -0.05) is 18.2 Å². The van der Waals surface area contributed by atoms with Gasteiger partial charge < -0.3 is 9.47 Å². The van der Waals surface area contributed by atoms with E-state index in [0.717, 1.165) is 0 Å². The number of ether oxygens (including phenoxy) is 2. The van der Waals surface area contributed by atoms with Crippen molar-refractivity contribution in [3.63, 3.8) is 0 Å². The van der Waals surface area contributed by atoms with Crippen molar-refractivity contribution < 1.29 is 24.0 Å². The van der Waals surface area contributed by atoms with Gasteiger partial charge >= 0.3 is 12.1 Å². The van der Waals surface area contributed by atoms with E-state index in [9.17, 15) is 19.7 Å². The molecule has 0 spiro atoms. The molecule has 25 heavy (non-hydrogen) atoms. The summed E-state index contributed by atoms with van der Waals surface area (Å²) in [4.78, 5) is 36.0. The van der Waals surface area contributed by atoms with Gasteiger partial charge in [-0.25, -0.2) is 9.59 Å². The molecule has 0 saturated carbocycles. The minimum atomic E-state index is -0.618. The number of hydrogen-bond donors (Lipinski definition) is 0. The van der Waals surface area contributed by atoms with Crippen LogP contribution in [0.4, 0.5) is 10.5 Å². The fourth-order valence-electron chi connectivity index (χ4n) is 2.62. The number of methoxy groups -OCH3 is 1. The lowest BCUT2D eigenvalue weighted by molar-refractivity contribution is -0.384. The number of allylic oxidation sites excluding steroid dienone is 2. The molecule has 132 valence electrons. The first kappa shape index (κ1) is 18.2. The molecule has 1 atom stereocenters. The summed E-state index contributed by atoms with van der Waals surface area (Å²) in [6, 6.07) is 5.99. The average molecular weight is 346 g/mol. The van der Waals surface area contributed by atoms with Gasteiger partial charge in [0.1, 0.15) is 0 Å². The Balaban J connectivity index is 2.50. The second kappa shape index (κ2) is 7.61. The summed E-state index contributed by atoms with van der Waals surface area (Å²) >= 11 is 0. The standard InChI is InChI=1S/C17H18N2O6/c1-4-25-17(21)18-9-8-14(15(11(18)2)16(20)24-3)12-6-5-7-13(10-12)19(22)23/h5-10,14H,4H2,1-3H3. The maximum absolute atomic E-state index is 12.3. The van der Waals surface area contributed by atoms with Crippen LogP contribution >= 0.6 is 0 Å². The van der Waals surface area contributed by atoms with Gasteiger partial charge in [0.05, 0.1) is 24.2 Å². The van der Waals surface area contributed by atoms with Gasteiger partial charge in [-0.3, -0.25) is 15.0 Å². The fourth-order valence-corrected chi connectivity index (χ4v) is 2.62. The molecule has 1 aliphatic heterocycles. The number of carbonyl (C=O) groups excluding carboxylic acids is 2. The van der Waals surface area contributed by atoms with Crippen molar-refractivity contribution in [2.45, 2.75) is 19.8 Å². The Morgan fingerprint density at radius 1 is 1.36 bits per heavy atom. The number of nitro groups is 1. The number of benzene rings is 1. The van der Waals surface area contributed by atoms with E-state index in [2.05, 4.69) is 0 Å². The van der Waals surface area contributed by atoms with Gasteiger partial charge in [-0.15, -0.1) is 0 Å². The molecule has 8 heteroatoms. The van der Waals surface area contributed by atoms with Gasteiger partial charge in [0.25, 0.3) is 5.69 Å². The van der Waals surface area contributed by atoms with Crippen LogP contribution in [-0.2, 0) is 14.3 Å². The highest BCUT2D eigenvalue weighted by molar-refractivity contribution is 5.93. The van der Waals surface area contributed by atoms with E-state index in [4.69, 9.17) is 9.47 Å². The Bertz CT molecular complexity index is 768. The number of carbonyl (C=O) groups is 2. The number of non-ortho nitro benzene ring substituents is 1. The summed E-state index contributed by atoms with van der Waals surface area (Å²) in [5, 5.41) is 11.0. The summed E-state index contributed by atoms with van der Waals surface area (Å²) in [5.74, 6) is -1.19. The van der Waals surface area contributed by atoms with Crippen LogP contribution in [0.25, 0.3) is 0 Å². The SMILES string of the molecule is CCOC(=O)N1C=CC(c2cccc([N+](=O)[O-])c2)C(C(=O)OC)=C1C. The number of rotatable bonds is 4. The van der Waals surface area contributed by atoms with Gasteiger partial charge in [-0.05, 0) is 19.4 Å². The predicted octanol–water partition coefficient (Wildman–Crippen LogP) is 3.11. The van der Waals surface area contributed by atoms with Crippen LogP contribution < -0.4 is 0 Å². The Labute approximate surface area is 144 Å². The monoisotopic (exact) mass is 346 g/mol. The van der Waals surface area contributed by atoms with Gasteiger partial charge in [0, 0.05) is 29.9 Å². The van der Waals surface area contributed by atoms with Crippen molar-refractivity contribution in [3.8, 4) is 0 Å². The first-order valence-electron chi connectivity index (χ1n) is 7.58. The van der Waals surface area contributed by atoms with Crippen molar-refractivity contribution in [2.75, 3.05) is 13.7 Å². The highest BCUT2D eigenvalue weighted by atomic mass is 16.6. The molecule has 1 unspecified atom stereocenters. The molecule has 0 aliphatic carbocycles. The molecule has 0 fully saturated rings. The fraction of sp³-hybridized carbons (Fsp3) is 0.294. The molecule has 0 saturated heterocycles. The van der Waals surface area contributed by atoms with E-state index in [1.165, 1.54) is 30.3 Å². The van der Waals surface area contributed by atoms with Crippen LogP contribution in [0.5, 0.6) is 0 Å². The third-order valence-electron chi connectivity index (χ3n) is 3.80. The smallest absolute Gasteiger partial charge is 0.418 e. The highest BCUT2D eigenvalue weighted by Gasteiger charge is 2.32. The molecule has 8 nitrogen and oxygen atoms in total. The molecule has 0 N–H and O–H groups in total. The van der Waals surface area contributed by atoms with Crippen molar-refractivity contribution >= 4 is 17.7 Å². The maximum Gasteiger partial charge on any atom is 0.418 e. The predicted molar refractivity (Wildman–Crippen MR) is 88.6 cm³/mol. The van der Waals surface area contributed by atoms with Crippen LogP contribution in [0.2, 0.25) is 0 Å². The molecule has 2 rings (SSSR count). The van der Waals surface area contributed by atoms with Crippen LogP contribution in [0.3, 0.4) is 0 Å². The number of nitrogens with zero attached hydrogens (tertiary/aromatic N) is 2. The van der Waals surface area contributed by atoms with Crippen LogP contribution in [-0.4, -0.2) is 35.6 Å². The Morgan fingerprint density at radius 2 is 2.08 bits per heavy atom. The molecule has 0 aromatic heterocycles. The van der Waals surface area contributed by atoms with Crippen LogP contribution in [0.15, 0.2) is 47.8 Å². The van der Waals surface area contributed by atoms with E-state index >= 15 is 0 Å². The van der Waals surface area contributed by atoms with Gasteiger partial charge in [-0.2, -0.15) is 0 Å². The van der Waals surface area contributed by atoms with Crippen molar-refractivity contribution in [1.82, 2.24) is 4.90 Å². The van der Waals surface area contributed by atoms with E-state index in [1.54, 1.807) is 32.1 Å². The number of esters is 1. The molecule has 1 aromatic carbocycles. The normalized spacial score (nSPS) is 16.6. The molecular formula is C17H18N2O6. The molecule has 1 aliphatic rings. The minimum absolute atomic E-state index is 0.0828. The summed E-state index contributed by atoms with van der Waals surface area (Å²) in [6.45, 7) is 3.47. The van der Waals surface area contributed by atoms with Gasteiger partial charge in [0.2, 0.25) is 0 Å². The van der Waals surface area contributed by atoms with Crippen molar-refractivity contribution in [1.29, 1.82) is 0 Å². The second-order valence-corrected chi connectivity index (χ2v) is 5.23. The molecule has 1 amide bonds. The lowest BCUT2D eigenvalue weighted by Crippen LogP contribution is -2.31.